The normalized spacial score (nSPS) is 11.4. The molecule has 0 aromatic heterocycles. The van der Waals surface area contributed by atoms with Gasteiger partial charge in [-0.2, -0.15) is 0 Å². The molecule has 0 aliphatic rings. The Morgan fingerprint density at radius 1 is 1.25 bits per heavy atom. The molecule has 0 atom stereocenters. The minimum Gasteiger partial charge on any atom is -0.356 e. The van der Waals surface area contributed by atoms with E-state index in [0.717, 1.165) is 19.3 Å². The van der Waals surface area contributed by atoms with E-state index in [1.807, 2.05) is 0 Å². The number of amides is 1. The van der Waals surface area contributed by atoms with Crippen LogP contribution in [0.3, 0.4) is 0 Å². The summed E-state index contributed by atoms with van der Waals surface area (Å²) in [6.07, 6.45) is 3.74. The van der Waals surface area contributed by atoms with Crippen LogP contribution in [0.15, 0.2) is 0 Å². The molecule has 0 aliphatic heterocycles. The van der Waals surface area contributed by atoms with Gasteiger partial charge in [0, 0.05) is 13.0 Å². The van der Waals surface area contributed by atoms with Gasteiger partial charge in [-0.15, -0.1) is 0 Å². The fourth-order valence-electron chi connectivity index (χ4n) is 1.12. The Bertz CT molecular complexity index is 240. The van der Waals surface area contributed by atoms with E-state index >= 15 is 0 Å². The molecule has 3 N–H and O–H groups in total. The number of carbonyl (C=O) groups excluding carboxylic acids is 1. The Morgan fingerprint density at radius 3 is 2.44 bits per heavy atom. The molecule has 0 rings (SSSR count). The molecule has 0 saturated heterocycles. The van der Waals surface area contributed by atoms with E-state index in [4.69, 9.17) is 9.79 Å². The van der Waals surface area contributed by atoms with Gasteiger partial charge in [-0.05, 0) is 12.8 Å². The van der Waals surface area contributed by atoms with E-state index < -0.39 is 7.82 Å². The zero-order valence-electron chi connectivity index (χ0n) is 9.52. The molecule has 0 unspecified atom stereocenters. The highest BCUT2D eigenvalue weighted by Crippen LogP contribution is 2.35. The van der Waals surface area contributed by atoms with E-state index in [1.165, 1.54) is 0 Å². The first kappa shape index (κ1) is 15.6. The number of hydrogen-bond acceptors (Lipinski definition) is 3. The summed E-state index contributed by atoms with van der Waals surface area (Å²) in [5.41, 5.74) is 0. The maximum Gasteiger partial charge on any atom is 0.469 e. The number of unbranched alkanes of at least 4 members (excludes halogenated alkanes) is 3. The summed E-state index contributed by atoms with van der Waals surface area (Å²) in [6.45, 7) is 2.53. The molecule has 6 nitrogen and oxygen atoms in total. The Balaban J connectivity index is 3.16. The summed E-state index contributed by atoms with van der Waals surface area (Å²) >= 11 is 0. The molecule has 7 heteroatoms. The molecule has 0 aliphatic carbocycles. The lowest BCUT2D eigenvalue weighted by atomic mass is 10.2. The van der Waals surface area contributed by atoms with Gasteiger partial charge in [0.25, 0.3) is 0 Å². The van der Waals surface area contributed by atoms with E-state index in [9.17, 15) is 9.36 Å². The largest absolute Gasteiger partial charge is 0.469 e. The third kappa shape index (κ3) is 11.7. The number of carbonyl (C=O) groups is 1. The standard InChI is InChI=1S/C9H20NO5P/c1-2-9(11)10-7-5-3-4-6-8-15-16(12,13)14/h2-8H2,1H3,(H,10,11)(H2,12,13,14). The molecule has 96 valence electrons. The van der Waals surface area contributed by atoms with Crippen LogP contribution in [0.1, 0.15) is 39.0 Å². The van der Waals surface area contributed by atoms with Crippen molar-refractivity contribution in [3.05, 3.63) is 0 Å². The van der Waals surface area contributed by atoms with E-state index in [-0.39, 0.29) is 12.5 Å². The highest BCUT2D eigenvalue weighted by atomic mass is 31.2. The fourth-order valence-corrected chi connectivity index (χ4v) is 1.48. The van der Waals surface area contributed by atoms with Gasteiger partial charge in [-0.1, -0.05) is 19.8 Å². The van der Waals surface area contributed by atoms with Gasteiger partial charge in [-0.25, -0.2) is 4.57 Å². The average Bonchev–Trinajstić information content (AvgIpc) is 2.20. The molecule has 16 heavy (non-hydrogen) atoms. The van der Waals surface area contributed by atoms with Crippen molar-refractivity contribution in [3.8, 4) is 0 Å². The van der Waals surface area contributed by atoms with Crippen molar-refractivity contribution in [2.45, 2.75) is 39.0 Å². The number of phosphoric acid groups is 1. The van der Waals surface area contributed by atoms with Crippen molar-refractivity contribution < 1.29 is 23.7 Å². The van der Waals surface area contributed by atoms with Gasteiger partial charge in [0.15, 0.2) is 0 Å². The second-order valence-corrected chi connectivity index (χ2v) is 4.68. The molecule has 1 amide bonds. The molecule has 0 aromatic carbocycles. The maximum absolute atomic E-state index is 10.8. The third-order valence-corrected chi connectivity index (χ3v) is 2.49. The zero-order chi connectivity index (χ0) is 12.4. The zero-order valence-corrected chi connectivity index (χ0v) is 10.4. The third-order valence-electron chi connectivity index (χ3n) is 1.97. The molecule has 0 spiro atoms. The van der Waals surface area contributed by atoms with Crippen LogP contribution in [0.4, 0.5) is 0 Å². The van der Waals surface area contributed by atoms with Crippen LogP contribution in [0.2, 0.25) is 0 Å². The van der Waals surface area contributed by atoms with Crippen molar-refractivity contribution >= 4 is 13.7 Å². The highest BCUT2D eigenvalue weighted by molar-refractivity contribution is 7.46. The average molecular weight is 253 g/mol. The molecule has 0 bridgehead atoms. The van der Waals surface area contributed by atoms with Gasteiger partial charge < -0.3 is 15.1 Å². The van der Waals surface area contributed by atoms with Gasteiger partial charge >= 0.3 is 7.82 Å². The van der Waals surface area contributed by atoms with Crippen LogP contribution in [0.5, 0.6) is 0 Å². The number of nitrogens with one attached hydrogen (secondary N) is 1. The second kappa shape index (κ2) is 8.70. The van der Waals surface area contributed by atoms with Crippen molar-refractivity contribution in [2.75, 3.05) is 13.2 Å². The predicted octanol–water partition coefficient (Wildman–Crippen LogP) is 1.18. The van der Waals surface area contributed by atoms with Gasteiger partial charge in [0.2, 0.25) is 5.91 Å². The molecular formula is C9H20NO5P. The summed E-state index contributed by atoms with van der Waals surface area (Å²) < 4.78 is 14.6. The van der Waals surface area contributed by atoms with E-state index in [0.29, 0.717) is 19.4 Å². The van der Waals surface area contributed by atoms with Gasteiger partial charge in [0.05, 0.1) is 6.61 Å². The summed E-state index contributed by atoms with van der Waals surface area (Å²) in [6, 6.07) is 0. The van der Waals surface area contributed by atoms with Crippen molar-refractivity contribution in [1.82, 2.24) is 5.32 Å². The molecular weight excluding hydrogens is 233 g/mol. The molecule has 0 aromatic rings. The Hall–Kier alpha value is -0.420. The summed E-state index contributed by atoms with van der Waals surface area (Å²) in [7, 11) is -4.30. The SMILES string of the molecule is CCC(=O)NCCCCCCOP(=O)(O)O. The van der Waals surface area contributed by atoms with Crippen molar-refractivity contribution in [1.29, 1.82) is 0 Å². The Labute approximate surface area is 95.6 Å². The Kier molecular flexibility index (Phi) is 8.47. The quantitative estimate of drug-likeness (QED) is 0.423. The lowest BCUT2D eigenvalue weighted by Gasteiger charge is -2.05. The monoisotopic (exact) mass is 253 g/mol. The Morgan fingerprint density at radius 2 is 1.88 bits per heavy atom. The fraction of sp³-hybridized carbons (Fsp3) is 0.889. The lowest BCUT2D eigenvalue weighted by molar-refractivity contribution is -0.120. The minimum absolute atomic E-state index is 0.0461. The van der Waals surface area contributed by atoms with Crippen molar-refractivity contribution in [2.24, 2.45) is 0 Å². The van der Waals surface area contributed by atoms with Crippen LogP contribution in [0.25, 0.3) is 0 Å². The highest BCUT2D eigenvalue weighted by Gasteiger charge is 2.12. The van der Waals surface area contributed by atoms with Crippen LogP contribution in [-0.2, 0) is 13.9 Å². The number of rotatable bonds is 9. The summed E-state index contributed by atoms with van der Waals surface area (Å²) in [5, 5.41) is 2.75. The maximum atomic E-state index is 10.8. The molecule has 0 heterocycles. The molecule has 0 fully saturated rings. The molecule has 0 radical (unpaired) electrons. The van der Waals surface area contributed by atoms with Crippen molar-refractivity contribution in [3.63, 3.8) is 0 Å². The van der Waals surface area contributed by atoms with Gasteiger partial charge in [0.1, 0.15) is 0 Å². The predicted molar refractivity (Wildman–Crippen MR) is 59.8 cm³/mol. The second-order valence-electron chi connectivity index (χ2n) is 3.44. The summed E-state index contributed by atoms with van der Waals surface area (Å²) in [4.78, 5) is 27.6. The first-order valence-electron chi connectivity index (χ1n) is 5.42. The first-order valence-corrected chi connectivity index (χ1v) is 6.95. The summed E-state index contributed by atoms with van der Waals surface area (Å²) in [5.74, 6) is 0.0461. The number of phosphoric ester groups is 1. The molecule has 0 saturated carbocycles. The van der Waals surface area contributed by atoms with Crippen LogP contribution >= 0.6 is 7.82 Å². The van der Waals surface area contributed by atoms with Crippen LogP contribution < -0.4 is 5.32 Å². The topological polar surface area (TPSA) is 95.9 Å². The number of hydrogen-bond donors (Lipinski definition) is 3. The van der Waals surface area contributed by atoms with Crippen LogP contribution in [0, 0.1) is 0 Å². The lowest BCUT2D eigenvalue weighted by Crippen LogP contribution is -2.23. The van der Waals surface area contributed by atoms with Gasteiger partial charge in [-0.3, -0.25) is 9.32 Å². The van der Waals surface area contributed by atoms with E-state index in [2.05, 4.69) is 9.84 Å². The smallest absolute Gasteiger partial charge is 0.356 e. The van der Waals surface area contributed by atoms with Crippen LogP contribution in [-0.4, -0.2) is 28.8 Å². The van der Waals surface area contributed by atoms with E-state index in [1.54, 1.807) is 6.92 Å². The minimum atomic E-state index is -4.30. The first-order chi connectivity index (χ1) is 7.45.